The maximum Gasteiger partial charge on any atom is 0.266 e. The molecule has 1 aliphatic heterocycles. The molecule has 0 bridgehead atoms. The number of hydrogen-bond acceptors (Lipinski definition) is 5. The predicted molar refractivity (Wildman–Crippen MR) is 106 cm³/mol. The van der Waals surface area contributed by atoms with Crippen LogP contribution in [-0.2, 0) is 4.79 Å². The van der Waals surface area contributed by atoms with Crippen LogP contribution in [0.5, 0.6) is 11.5 Å². The number of carbonyl (C=O) groups is 1. The van der Waals surface area contributed by atoms with Gasteiger partial charge in [-0.25, -0.2) is 0 Å². The second-order valence-electron chi connectivity index (χ2n) is 6.16. The average molecular weight is 378 g/mol. The number of hydrogen-bond donors (Lipinski definition) is 0. The van der Waals surface area contributed by atoms with Gasteiger partial charge >= 0.3 is 0 Å². The zero-order chi connectivity index (χ0) is 17.8. The van der Waals surface area contributed by atoms with E-state index in [0.717, 1.165) is 18.4 Å². The Labute approximate surface area is 158 Å². The van der Waals surface area contributed by atoms with Crippen molar-refractivity contribution in [3.05, 3.63) is 28.7 Å². The lowest BCUT2D eigenvalue weighted by molar-refractivity contribution is -0.124. The zero-order valence-corrected chi connectivity index (χ0v) is 16.3. The minimum atomic E-state index is 0.0205. The summed E-state index contributed by atoms with van der Waals surface area (Å²) in [6.45, 7) is 2.46. The van der Waals surface area contributed by atoms with Gasteiger partial charge in [0.05, 0.1) is 18.6 Å². The second kappa shape index (κ2) is 8.23. The van der Waals surface area contributed by atoms with Crippen molar-refractivity contribution >= 4 is 40.3 Å². The number of methoxy groups -OCH3 is 1. The highest BCUT2D eigenvalue weighted by atomic mass is 32.2. The van der Waals surface area contributed by atoms with Crippen molar-refractivity contribution in [2.24, 2.45) is 0 Å². The molecular formula is C19H23NO3S2. The van der Waals surface area contributed by atoms with Crippen molar-refractivity contribution in [1.82, 2.24) is 4.90 Å². The topological polar surface area (TPSA) is 38.8 Å². The third-order valence-corrected chi connectivity index (χ3v) is 5.90. The quantitative estimate of drug-likeness (QED) is 0.553. The standard InChI is InChI=1S/C19H23NO3S2/c1-3-23-17-13(8-7-11-15(17)22-2)12-16-18(21)20(19(24)25-16)14-9-5-4-6-10-14/h7-8,11-12,14H,3-6,9-10H2,1-2H3/b16-12-. The lowest BCUT2D eigenvalue weighted by atomic mass is 9.94. The molecule has 2 fully saturated rings. The summed E-state index contributed by atoms with van der Waals surface area (Å²) in [5.74, 6) is 1.35. The van der Waals surface area contributed by atoms with Crippen LogP contribution in [0.3, 0.4) is 0 Å². The smallest absolute Gasteiger partial charge is 0.266 e. The van der Waals surface area contributed by atoms with E-state index >= 15 is 0 Å². The number of thioether (sulfide) groups is 1. The van der Waals surface area contributed by atoms with Gasteiger partial charge in [0, 0.05) is 11.6 Å². The number of rotatable bonds is 5. The van der Waals surface area contributed by atoms with Crippen LogP contribution in [0.15, 0.2) is 23.1 Å². The molecule has 0 aromatic heterocycles. The van der Waals surface area contributed by atoms with Crippen molar-refractivity contribution in [1.29, 1.82) is 0 Å². The normalized spacial score (nSPS) is 20.4. The minimum absolute atomic E-state index is 0.0205. The Bertz CT molecular complexity index is 696. The monoisotopic (exact) mass is 377 g/mol. The molecule has 0 atom stereocenters. The third kappa shape index (κ3) is 3.85. The lowest BCUT2D eigenvalue weighted by Crippen LogP contribution is -2.39. The van der Waals surface area contributed by atoms with E-state index in [1.165, 1.54) is 31.0 Å². The van der Waals surface area contributed by atoms with E-state index in [1.807, 2.05) is 36.1 Å². The van der Waals surface area contributed by atoms with Gasteiger partial charge < -0.3 is 9.47 Å². The number of amides is 1. The highest BCUT2D eigenvalue weighted by Crippen LogP contribution is 2.39. The summed E-state index contributed by atoms with van der Waals surface area (Å²) in [5.41, 5.74) is 0.838. The summed E-state index contributed by atoms with van der Waals surface area (Å²) < 4.78 is 11.8. The first kappa shape index (κ1) is 18.3. The van der Waals surface area contributed by atoms with E-state index in [4.69, 9.17) is 21.7 Å². The third-order valence-electron chi connectivity index (χ3n) is 4.57. The molecule has 0 spiro atoms. The molecule has 0 N–H and O–H groups in total. The Kier molecular flexibility index (Phi) is 6.02. The lowest BCUT2D eigenvalue weighted by Gasteiger charge is -2.29. The number of ether oxygens (including phenoxy) is 2. The summed E-state index contributed by atoms with van der Waals surface area (Å²) in [6, 6.07) is 5.94. The van der Waals surface area contributed by atoms with Gasteiger partial charge in [-0.3, -0.25) is 9.69 Å². The molecular weight excluding hydrogens is 354 g/mol. The Balaban J connectivity index is 1.89. The van der Waals surface area contributed by atoms with Gasteiger partial charge in [-0.1, -0.05) is 55.4 Å². The van der Waals surface area contributed by atoms with Gasteiger partial charge in [0.1, 0.15) is 4.32 Å². The van der Waals surface area contributed by atoms with Crippen LogP contribution in [0.2, 0.25) is 0 Å². The summed E-state index contributed by atoms with van der Waals surface area (Å²) in [5, 5.41) is 0. The number of nitrogens with zero attached hydrogens (tertiary/aromatic N) is 1. The fourth-order valence-electron chi connectivity index (χ4n) is 3.38. The van der Waals surface area contributed by atoms with Crippen molar-refractivity contribution in [2.75, 3.05) is 13.7 Å². The molecule has 134 valence electrons. The van der Waals surface area contributed by atoms with Crippen LogP contribution < -0.4 is 9.47 Å². The highest BCUT2D eigenvalue weighted by molar-refractivity contribution is 8.26. The molecule has 4 nitrogen and oxygen atoms in total. The molecule has 0 unspecified atom stereocenters. The molecule has 1 aromatic rings. The Morgan fingerprint density at radius 2 is 2.08 bits per heavy atom. The van der Waals surface area contributed by atoms with Crippen molar-refractivity contribution in [2.45, 2.75) is 45.1 Å². The van der Waals surface area contributed by atoms with Crippen LogP contribution in [0.4, 0.5) is 0 Å². The van der Waals surface area contributed by atoms with E-state index < -0.39 is 0 Å². The van der Waals surface area contributed by atoms with Crippen LogP contribution in [0, 0.1) is 0 Å². The Morgan fingerprint density at radius 1 is 1.32 bits per heavy atom. The molecule has 6 heteroatoms. The molecule has 1 heterocycles. The van der Waals surface area contributed by atoms with Crippen LogP contribution >= 0.6 is 24.0 Å². The second-order valence-corrected chi connectivity index (χ2v) is 7.83. The Hall–Kier alpha value is -1.53. The van der Waals surface area contributed by atoms with E-state index in [2.05, 4.69) is 0 Å². The van der Waals surface area contributed by atoms with Gasteiger partial charge in [-0.2, -0.15) is 0 Å². The molecule has 1 aromatic carbocycles. The van der Waals surface area contributed by atoms with Crippen LogP contribution in [-0.4, -0.2) is 34.9 Å². The number of para-hydroxylation sites is 1. The molecule has 1 saturated carbocycles. The summed E-state index contributed by atoms with van der Waals surface area (Å²) >= 11 is 6.88. The molecule has 0 radical (unpaired) electrons. The molecule has 25 heavy (non-hydrogen) atoms. The Morgan fingerprint density at radius 3 is 2.76 bits per heavy atom. The molecule has 1 amide bonds. The zero-order valence-electron chi connectivity index (χ0n) is 14.6. The van der Waals surface area contributed by atoms with Gasteiger partial charge in [0.15, 0.2) is 11.5 Å². The fraction of sp³-hybridized carbons (Fsp3) is 0.474. The van der Waals surface area contributed by atoms with Crippen LogP contribution in [0.1, 0.15) is 44.6 Å². The van der Waals surface area contributed by atoms with E-state index in [9.17, 15) is 4.79 Å². The number of carbonyl (C=O) groups excluding carboxylic acids is 1. The fourth-order valence-corrected chi connectivity index (χ4v) is 4.77. The predicted octanol–water partition coefficient (Wildman–Crippen LogP) is 4.63. The first-order chi connectivity index (χ1) is 12.2. The van der Waals surface area contributed by atoms with Gasteiger partial charge in [-0.15, -0.1) is 0 Å². The molecule has 3 rings (SSSR count). The van der Waals surface area contributed by atoms with E-state index in [0.29, 0.717) is 27.3 Å². The van der Waals surface area contributed by atoms with Crippen molar-refractivity contribution in [3.63, 3.8) is 0 Å². The number of thiocarbonyl (C=S) groups is 1. The average Bonchev–Trinajstić information content (AvgIpc) is 2.91. The van der Waals surface area contributed by atoms with Crippen molar-refractivity contribution < 1.29 is 14.3 Å². The minimum Gasteiger partial charge on any atom is -0.493 e. The maximum atomic E-state index is 12.9. The first-order valence-electron chi connectivity index (χ1n) is 8.72. The SMILES string of the molecule is CCOc1c(/C=C2\SC(=S)N(C3CCCCC3)C2=O)cccc1OC. The first-order valence-corrected chi connectivity index (χ1v) is 9.95. The molecule has 1 aliphatic carbocycles. The maximum absolute atomic E-state index is 12.9. The van der Waals surface area contributed by atoms with E-state index in [-0.39, 0.29) is 11.9 Å². The van der Waals surface area contributed by atoms with Gasteiger partial charge in [0.2, 0.25) is 0 Å². The van der Waals surface area contributed by atoms with Crippen LogP contribution in [0.25, 0.3) is 6.08 Å². The molecule has 2 aliphatic rings. The largest absolute Gasteiger partial charge is 0.493 e. The highest BCUT2D eigenvalue weighted by Gasteiger charge is 2.37. The summed E-state index contributed by atoms with van der Waals surface area (Å²) in [7, 11) is 1.62. The number of benzene rings is 1. The van der Waals surface area contributed by atoms with E-state index in [1.54, 1.807) is 7.11 Å². The summed E-state index contributed by atoms with van der Waals surface area (Å²) in [6.07, 6.45) is 7.56. The summed E-state index contributed by atoms with van der Waals surface area (Å²) in [4.78, 5) is 15.4. The van der Waals surface area contributed by atoms with Gasteiger partial charge in [-0.05, 0) is 31.9 Å². The van der Waals surface area contributed by atoms with Crippen molar-refractivity contribution in [3.8, 4) is 11.5 Å². The molecule has 1 saturated heterocycles. The van der Waals surface area contributed by atoms with Gasteiger partial charge in [0.25, 0.3) is 5.91 Å².